The lowest BCUT2D eigenvalue weighted by Gasteiger charge is -2.15. The number of carbonyl (C=O) groups is 2. The molecule has 176 valence electrons. The first-order valence-electron chi connectivity index (χ1n) is 10.6. The third-order valence-electron chi connectivity index (χ3n) is 4.96. The van der Waals surface area contributed by atoms with E-state index in [1.54, 1.807) is 24.3 Å². The van der Waals surface area contributed by atoms with Gasteiger partial charge in [0.15, 0.2) is 0 Å². The zero-order valence-corrected chi connectivity index (χ0v) is 18.4. The molecule has 3 rings (SSSR count). The van der Waals surface area contributed by atoms with E-state index in [-0.39, 0.29) is 23.5 Å². The lowest BCUT2D eigenvalue weighted by molar-refractivity contribution is -0.138. The lowest BCUT2D eigenvalue weighted by Crippen LogP contribution is -2.34. The molecule has 0 saturated carbocycles. The number of nitrogens with one attached hydrogen (secondary N) is 1. The van der Waals surface area contributed by atoms with Crippen LogP contribution in [-0.2, 0) is 20.5 Å². The van der Waals surface area contributed by atoms with Gasteiger partial charge >= 0.3 is 6.18 Å². The van der Waals surface area contributed by atoms with E-state index in [0.717, 1.165) is 17.0 Å². The van der Waals surface area contributed by atoms with Gasteiger partial charge in [-0.2, -0.15) is 13.2 Å². The molecule has 1 aliphatic heterocycles. The van der Waals surface area contributed by atoms with Crippen LogP contribution < -0.4 is 10.1 Å². The molecule has 0 spiro atoms. The largest absolute Gasteiger partial charge is 0.494 e. The summed E-state index contributed by atoms with van der Waals surface area (Å²) in [5, 5.41) is 2.76. The van der Waals surface area contributed by atoms with Crippen LogP contribution in [-0.4, -0.2) is 43.1 Å². The van der Waals surface area contributed by atoms with Crippen molar-refractivity contribution in [2.75, 3.05) is 31.7 Å². The molecule has 0 aliphatic carbocycles. The fourth-order valence-electron chi connectivity index (χ4n) is 3.43. The molecular weight excluding hydrogens is 437 g/mol. The van der Waals surface area contributed by atoms with Gasteiger partial charge in [0.05, 0.1) is 17.7 Å². The SMILES string of the molecule is CCOCCCN1C(=O)C(Nc2cccc(C(F)(F)F)c2)=C(c2ccc(OCC)cc2)C1=O. The lowest BCUT2D eigenvalue weighted by atomic mass is 10.0. The third-order valence-corrected chi connectivity index (χ3v) is 4.96. The number of benzene rings is 2. The summed E-state index contributed by atoms with van der Waals surface area (Å²) in [5.41, 5.74) is -0.322. The van der Waals surface area contributed by atoms with E-state index in [1.165, 1.54) is 12.1 Å². The molecule has 0 atom stereocenters. The van der Waals surface area contributed by atoms with Crippen molar-refractivity contribution < 1.29 is 32.2 Å². The molecule has 6 nitrogen and oxygen atoms in total. The molecule has 2 amide bonds. The van der Waals surface area contributed by atoms with Crippen LogP contribution in [0.5, 0.6) is 5.75 Å². The van der Waals surface area contributed by atoms with Crippen LogP contribution in [0.2, 0.25) is 0 Å². The van der Waals surface area contributed by atoms with Crippen LogP contribution in [0.25, 0.3) is 5.57 Å². The number of imide groups is 1. The van der Waals surface area contributed by atoms with E-state index in [0.29, 0.717) is 37.6 Å². The Kier molecular flexibility index (Phi) is 7.75. The number of amides is 2. The molecule has 0 unspecified atom stereocenters. The van der Waals surface area contributed by atoms with Crippen LogP contribution in [0.4, 0.5) is 18.9 Å². The maximum Gasteiger partial charge on any atom is 0.416 e. The molecule has 0 bridgehead atoms. The number of hydrogen-bond donors (Lipinski definition) is 1. The Balaban J connectivity index is 1.96. The quantitative estimate of drug-likeness (QED) is 0.409. The first-order chi connectivity index (χ1) is 15.8. The molecule has 2 aromatic carbocycles. The van der Waals surface area contributed by atoms with Crippen molar-refractivity contribution >= 4 is 23.1 Å². The Bertz CT molecular complexity index is 1030. The second kappa shape index (κ2) is 10.5. The standard InChI is InChI=1S/C24H25F3N2O4/c1-3-32-14-6-13-29-22(30)20(16-9-11-19(12-10-16)33-4-2)21(23(29)31)28-18-8-5-7-17(15-18)24(25,26)27/h5,7-12,15,28H,3-4,6,13-14H2,1-2H3. The summed E-state index contributed by atoms with van der Waals surface area (Å²) >= 11 is 0. The summed E-state index contributed by atoms with van der Waals surface area (Å²) in [7, 11) is 0. The molecule has 1 heterocycles. The van der Waals surface area contributed by atoms with Gasteiger partial charge < -0.3 is 14.8 Å². The average molecular weight is 462 g/mol. The molecule has 9 heteroatoms. The first kappa shape index (κ1) is 24.3. The van der Waals surface area contributed by atoms with Gasteiger partial charge in [-0.05, 0) is 56.2 Å². The minimum Gasteiger partial charge on any atom is -0.494 e. The highest BCUT2D eigenvalue weighted by Gasteiger charge is 2.39. The summed E-state index contributed by atoms with van der Waals surface area (Å²) in [6, 6.07) is 11.1. The molecule has 0 radical (unpaired) electrons. The van der Waals surface area contributed by atoms with Gasteiger partial charge in [-0.1, -0.05) is 18.2 Å². The van der Waals surface area contributed by atoms with Crippen molar-refractivity contribution in [3.63, 3.8) is 0 Å². The number of ether oxygens (including phenoxy) is 2. The summed E-state index contributed by atoms with van der Waals surface area (Å²) in [6.45, 7) is 5.17. The third kappa shape index (κ3) is 5.73. The van der Waals surface area contributed by atoms with Gasteiger partial charge in [0.2, 0.25) is 0 Å². The Morgan fingerprint density at radius 1 is 0.970 bits per heavy atom. The zero-order chi connectivity index (χ0) is 24.0. The van der Waals surface area contributed by atoms with Crippen molar-refractivity contribution in [1.29, 1.82) is 0 Å². The number of nitrogens with zero attached hydrogens (tertiary/aromatic N) is 1. The highest BCUT2D eigenvalue weighted by molar-refractivity contribution is 6.36. The topological polar surface area (TPSA) is 67.9 Å². The molecule has 0 saturated heterocycles. The number of rotatable bonds is 10. The molecule has 0 fully saturated rings. The number of hydrogen-bond acceptors (Lipinski definition) is 5. The van der Waals surface area contributed by atoms with Crippen LogP contribution in [0, 0.1) is 0 Å². The van der Waals surface area contributed by atoms with Crippen LogP contribution >= 0.6 is 0 Å². The first-order valence-corrected chi connectivity index (χ1v) is 10.6. The Morgan fingerprint density at radius 3 is 2.33 bits per heavy atom. The van der Waals surface area contributed by atoms with Gasteiger partial charge in [0.25, 0.3) is 11.8 Å². The molecule has 33 heavy (non-hydrogen) atoms. The summed E-state index contributed by atoms with van der Waals surface area (Å²) in [5.74, 6) is -0.521. The van der Waals surface area contributed by atoms with Gasteiger partial charge in [-0.15, -0.1) is 0 Å². The van der Waals surface area contributed by atoms with E-state index >= 15 is 0 Å². The van der Waals surface area contributed by atoms with Crippen molar-refractivity contribution in [3.05, 3.63) is 65.4 Å². The number of carbonyl (C=O) groups excluding carboxylic acids is 2. The fraction of sp³-hybridized carbons (Fsp3) is 0.333. The summed E-state index contributed by atoms with van der Waals surface area (Å²) < 4.78 is 50.1. The van der Waals surface area contributed by atoms with Crippen molar-refractivity contribution in [2.45, 2.75) is 26.4 Å². The monoisotopic (exact) mass is 462 g/mol. The Morgan fingerprint density at radius 2 is 1.70 bits per heavy atom. The van der Waals surface area contributed by atoms with E-state index in [4.69, 9.17) is 9.47 Å². The van der Waals surface area contributed by atoms with E-state index in [2.05, 4.69) is 5.32 Å². The van der Waals surface area contributed by atoms with Gasteiger partial charge in [0.1, 0.15) is 11.4 Å². The zero-order valence-electron chi connectivity index (χ0n) is 18.4. The second-order valence-electron chi connectivity index (χ2n) is 7.22. The smallest absolute Gasteiger partial charge is 0.416 e. The second-order valence-corrected chi connectivity index (χ2v) is 7.22. The van der Waals surface area contributed by atoms with Crippen molar-refractivity contribution in [3.8, 4) is 5.75 Å². The maximum atomic E-state index is 13.2. The molecule has 0 aromatic heterocycles. The van der Waals surface area contributed by atoms with Crippen LogP contribution in [0.15, 0.2) is 54.2 Å². The Labute approximate surface area is 190 Å². The van der Waals surface area contributed by atoms with Gasteiger partial charge in [-0.25, -0.2) is 0 Å². The molecule has 2 aromatic rings. The van der Waals surface area contributed by atoms with E-state index in [9.17, 15) is 22.8 Å². The predicted octanol–water partition coefficient (Wildman–Crippen LogP) is 4.72. The van der Waals surface area contributed by atoms with Crippen LogP contribution in [0.3, 0.4) is 0 Å². The highest BCUT2D eigenvalue weighted by Crippen LogP contribution is 2.34. The fourth-order valence-corrected chi connectivity index (χ4v) is 3.43. The minimum absolute atomic E-state index is 0.0561. The predicted molar refractivity (Wildman–Crippen MR) is 117 cm³/mol. The normalized spacial score (nSPS) is 14.3. The molecular formula is C24H25F3N2O4. The molecule has 1 N–H and O–H groups in total. The maximum absolute atomic E-state index is 13.2. The highest BCUT2D eigenvalue weighted by atomic mass is 19.4. The summed E-state index contributed by atoms with van der Waals surface area (Å²) in [6.07, 6.45) is -4.09. The number of halogens is 3. The van der Waals surface area contributed by atoms with Gasteiger partial charge in [0, 0.05) is 25.4 Å². The number of alkyl halides is 3. The minimum atomic E-state index is -4.54. The van der Waals surface area contributed by atoms with E-state index < -0.39 is 23.6 Å². The van der Waals surface area contributed by atoms with Crippen LogP contribution in [0.1, 0.15) is 31.4 Å². The molecule has 1 aliphatic rings. The average Bonchev–Trinajstić information content (AvgIpc) is 3.01. The Hall–Kier alpha value is -3.33. The summed E-state index contributed by atoms with van der Waals surface area (Å²) in [4.78, 5) is 27.4. The van der Waals surface area contributed by atoms with E-state index in [1.807, 2.05) is 13.8 Å². The van der Waals surface area contributed by atoms with Crippen molar-refractivity contribution in [2.24, 2.45) is 0 Å². The van der Waals surface area contributed by atoms with Crippen molar-refractivity contribution in [1.82, 2.24) is 4.90 Å². The number of anilines is 1. The van der Waals surface area contributed by atoms with Gasteiger partial charge in [-0.3, -0.25) is 14.5 Å².